The fourth-order valence-electron chi connectivity index (χ4n) is 1.54. The first kappa shape index (κ1) is 13.1. The molecule has 0 spiro atoms. The first-order valence-corrected chi connectivity index (χ1v) is 8.02. The summed E-state index contributed by atoms with van der Waals surface area (Å²) < 4.78 is 1.37. The van der Waals surface area contributed by atoms with Gasteiger partial charge in [0.15, 0.2) is 0 Å². The molecule has 0 nitrogen and oxygen atoms in total. The number of aryl methyl sites for hydroxylation is 1. The zero-order valence-electron chi connectivity index (χ0n) is 10.4. The molecular formula is C14H16S3. The van der Waals surface area contributed by atoms with Gasteiger partial charge in [-0.3, -0.25) is 0 Å². The van der Waals surface area contributed by atoms with Crippen LogP contribution in [0.4, 0.5) is 0 Å². The average molecular weight is 280 g/mol. The van der Waals surface area contributed by atoms with Gasteiger partial charge in [0.2, 0.25) is 0 Å². The molecule has 0 aliphatic carbocycles. The minimum atomic E-state index is 0.972. The topological polar surface area (TPSA) is 0 Å². The van der Waals surface area contributed by atoms with Crippen molar-refractivity contribution in [3.8, 4) is 0 Å². The number of rotatable bonds is 2. The Balaban J connectivity index is 2.27. The van der Waals surface area contributed by atoms with Crippen LogP contribution in [0.5, 0.6) is 0 Å². The van der Waals surface area contributed by atoms with E-state index in [2.05, 4.69) is 45.6 Å². The van der Waals surface area contributed by atoms with Crippen LogP contribution in [0.1, 0.15) is 30.0 Å². The van der Waals surface area contributed by atoms with E-state index in [1.807, 2.05) is 34.9 Å². The maximum atomic E-state index is 4.19. The molecule has 0 bridgehead atoms. The van der Waals surface area contributed by atoms with E-state index in [0.717, 1.165) is 6.42 Å². The SMILES string of the molecule is C=C1CC=C(S/C(C)=C\C)Sc2cc(C)sc21. The van der Waals surface area contributed by atoms with Crippen LogP contribution in [0, 0.1) is 6.92 Å². The third kappa shape index (κ3) is 3.09. The first-order valence-electron chi connectivity index (χ1n) is 5.57. The van der Waals surface area contributed by atoms with Crippen LogP contribution in [0.2, 0.25) is 0 Å². The van der Waals surface area contributed by atoms with E-state index in [1.165, 1.54) is 29.4 Å². The van der Waals surface area contributed by atoms with Crippen molar-refractivity contribution in [3.63, 3.8) is 0 Å². The van der Waals surface area contributed by atoms with Crippen LogP contribution in [-0.4, -0.2) is 0 Å². The highest BCUT2D eigenvalue weighted by molar-refractivity contribution is 8.24. The summed E-state index contributed by atoms with van der Waals surface area (Å²) in [5.74, 6) is 0. The molecule has 0 saturated heterocycles. The Bertz CT molecular complexity index is 504. The smallest absolute Gasteiger partial charge is 0.0459 e. The van der Waals surface area contributed by atoms with E-state index >= 15 is 0 Å². The second-order valence-electron chi connectivity index (χ2n) is 3.98. The van der Waals surface area contributed by atoms with Crippen molar-refractivity contribution in [2.45, 2.75) is 32.1 Å². The van der Waals surface area contributed by atoms with Gasteiger partial charge in [0.1, 0.15) is 0 Å². The minimum absolute atomic E-state index is 0.972. The van der Waals surface area contributed by atoms with E-state index in [9.17, 15) is 0 Å². The van der Waals surface area contributed by atoms with Gasteiger partial charge >= 0.3 is 0 Å². The Labute approximate surface area is 116 Å². The molecule has 1 aliphatic heterocycles. The molecule has 1 aromatic heterocycles. The van der Waals surface area contributed by atoms with Gasteiger partial charge in [0.25, 0.3) is 0 Å². The normalized spacial score (nSPS) is 16.5. The van der Waals surface area contributed by atoms with Crippen LogP contribution < -0.4 is 0 Å². The number of hydrogen-bond acceptors (Lipinski definition) is 3. The van der Waals surface area contributed by atoms with E-state index in [0.29, 0.717) is 0 Å². The van der Waals surface area contributed by atoms with Gasteiger partial charge in [0, 0.05) is 18.9 Å². The number of hydrogen-bond donors (Lipinski definition) is 0. The molecule has 0 radical (unpaired) electrons. The van der Waals surface area contributed by atoms with Crippen molar-refractivity contribution in [1.82, 2.24) is 0 Å². The lowest BCUT2D eigenvalue weighted by atomic mass is 10.2. The fraction of sp³-hybridized carbons (Fsp3) is 0.286. The average Bonchev–Trinajstić information content (AvgIpc) is 2.60. The Kier molecular flexibility index (Phi) is 4.23. The Hall–Kier alpha value is -0.380. The molecule has 0 atom stereocenters. The van der Waals surface area contributed by atoms with E-state index in [-0.39, 0.29) is 0 Å². The number of thiophene rings is 1. The quantitative estimate of drug-likeness (QED) is 0.645. The van der Waals surface area contributed by atoms with E-state index in [1.54, 1.807) is 0 Å². The number of thioether (sulfide) groups is 2. The lowest BCUT2D eigenvalue weighted by Gasteiger charge is -2.04. The molecule has 17 heavy (non-hydrogen) atoms. The van der Waals surface area contributed by atoms with Crippen molar-refractivity contribution >= 4 is 40.4 Å². The van der Waals surface area contributed by atoms with Crippen LogP contribution >= 0.6 is 34.9 Å². The molecule has 2 rings (SSSR count). The molecule has 90 valence electrons. The van der Waals surface area contributed by atoms with Gasteiger partial charge in [-0.15, -0.1) is 11.3 Å². The summed E-state index contributed by atoms with van der Waals surface area (Å²) in [6, 6.07) is 2.28. The number of allylic oxidation sites excluding steroid dienone is 4. The molecule has 1 aliphatic rings. The molecule has 0 aromatic carbocycles. The van der Waals surface area contributed by atoms with Crippen LogP contribution in [-0.2, 0) is 0 Å². The summed E-state index contributed by atoms with van der Waals surface area (Å²) in [5, 5.41) is 0. The van der Waals surface area contributed by atoms with Gasteiger partial charge in [-0.1, -0.05) is 42.3 Å². The van der Waals surface area contributed by atoms with Crippen molar-refractivity contribution in [2.75, 3.05) is 0 Å². The second kappa shape index (κ2) is 5.51. The minimum Gasteiger partial charge on any atom is -0.140 e. The largest absolute Gasteiger partial charge is 0.140 e. The van der Waals surface area contributed by atoms with Gasteiger partial charge in [-0.2, -0.15) is 0 Å². The molecule has 0 N–H and O–H groups in total. The van der Waals surface area contributed by atoms with Gasteiger partial charge in [0.05, 0.1) is 0 Å². The summed E-state index contributed by atoms with van der Waals surface area (Å²) in [5.41, 5.74) is 1.25. The summed E-state index contributed by atoms with van der Waals surface area (Å²) in [6.45, 7) is 10.6. The predicted molar refractivity (Wildman–Crippen MR) is 83.7 cm³/mol. The predicted octanol–water partition coefficient (Wildman–Crippen LogP) is 6.06. The second-order valence-corrected chi connectivity index (χ2v) is 7.87. The lowest BCUT2D eigenvalue weighted by molar-refractivity contribution is 1.40. The molecule has 1 aromatic rings. The standard InChI is InChI=1S/C14H16S3/c1-5-10(3)15-13-7-6-9(2)14-12(17-13)8-11(4)16-14/h5,7-8H,2,6H2,1,3-4H3/b10-5-. The zero-order valence-corrected chi connectivity index (χ0v) is 12.8. The Morgan fingerprint density at radius 2 is 2.29 bits per heavy atom. The highest BCUT2D eigenvalue weighted by Gasteiger charge is 2.16. The first-order chi connectivity index (χ1) is 8.10. The van der Waals surface area contributed by atoms with Crippen molar-refractivity contribution in [2.24, 2.45) is 0 Å². The molecular weight excluding hydrogens is 264 g/mol. The van der Waals surface area contributed by atoms with Gasteiger partial charge in [-0.25, -0.2) is 0 Å². The lowest BCUT2D eigenvalue weighted by Crippen LogP contribution is -1.73. The fourth-order valence-corrected chi connectivity index (χ4v) is 5.04. The van der Waals surface area contributed by atoms with Crippen molar-refractivity contribution in [3.05, 3.63) is 43.7 Å². The summed E-state index contributed by atoms with van der Waals surface area (Å²) in [7, 11) is 0. The Morgan fingerprint density at radius 3 is 3.00 bits per heavy atom. The van der Waals surface area contributed by atoms with Gasteiger partial charge < -0.3 is 0 Å². The van der Waals surface area contributed by atoms with Crippen LogP contribution in [0.15, 0.2) is 38.8 Å². The molecule has 0 unspecified atom stereocenters. The number of fused-ring (bicyclic) bond motifs is 1. The molecule has 3 heteroatoms. The van der Waals surface area contributed by atoms with Gasteiger partial charge in [-0.05, 0) is 43.7 Å². The zero-order chi connectivity index (χ0) is 12.4. The van der Waals surface area contributed by atoms with Crippen molar-refractivity contribution < 1.29 is 0 Å². The van der Waals surface area contributed by atoms with Crippen molar-refractivity contribution in [1.29, 1.82) is 0 Å². The molecule has 0 fully saturated rings. The van der Waals surface area contributed by atoms with Crippen LogP contribution in [0.3, 0.4) is 0 Å². The summed E-state index contributed by atoms with van der Waals surface area (Å²) in [6.07, 6.45) is 5.43. The molecule has 0 saturated carbocycles. The third-order valence-electron chi connectivity index (χ3n) is 2.54. The van der Waals surface area contributed by atoms with Crippen LogP contribution in [0.25, 0.3) is 5.57 Å². The maximum absolute atomic E-state index is 4.19. The monoisotopic (exact) mass is 280 g/mol. The third-order valence-corrected chi connectivity index (χ3v) is 6.15. The summed E-state index contributed by atoms with van der Waals surface area (Å²) in [4.78, 5) is 5.47. The summed E-state index contributed by atoms with van der Waals surface area (Å²) >= 11 is 5.60. The Morgan fingerprint density at radius 1 is 1.53 bits per heavy atom. The highest BCUT2D eigenvalue weighted by atomic mass is 32.2. The highest BCUT2D eigenvalue weighted by Crippen LogP contribution is 2.47. The molecule has 2 heterocycles. The van der Waals surface area contributed by atoms with E-state index < -0.39 is 0 Å². The molecule has 0 amide bonds. The van der Waals surface area contributed by atoms with E-state index in [4.69, 9.17) is 0 Å². The maximum Gasteiger partial charge on any atom is 0.0459 e.